The number of aromatic nitrogens is 2. The number of likely N-dealkylation sites (tertiary alicyclic amines) is 1. The van der Waals surface area contributed by atoms with Gasteiger partial charge in [-0.2, -0.15) is 0 Å². The van der Waals surface area contributed by atoms with Crippen molar-refractivity contribution in [2.24, 2.45) is 5.92 Å². The third-order valence-corrected chi connectivity index (χ3v) is 6.82. The molecule has 0 spiro atoms. The van der Waals surface area contributed by atoms with E-state index in [0.29, 0.717) is 31.4 Å². The normalized spacial score (nSPS) is 14.5. The largest absolute Gasteiger partial charge is 0.492 e. The molecule has 1 fully saturated rings. The summed E-state index contributed by atoms with van der Waals surface area (Å²) in [4.78, 5) is 19.8. The fraction of sp³-hybridized carbons (Fsp3) is 0.333. The minimum Gasteiger partial charge on any atom is -0.492 e. The van der Waals surface area contributed by atoms with Gasteiger partial charge in [-0.1, -0.05) is 42.5 Å². The molecule has 5 rings (SSSR count). The first kappa shape index (κ1) is 24.8. The molecule has 1 aromatic heterocycles. The van der Waals surface area contributed by atoms with Crippen molar-refractivity contribution >= 4 is 22.6 Å². The topological polar surface area (TPSA) is 68.6 Å². The zero-order valence-corrected chi connectivity index (χ0v) is 21.3. The second-order valence-electron chi connectivity index (χ2n) is 9.43. The number of fused-ring (bicyclic) bond motifs is 1. The van der Waals surface area contributed by atoms with Crippen molar-refractivity contribution in [3.8, 4) is 11.5 Å². The number of nitrogens with zero attached hydrogens (tertiary/aromatic N) is 3. The lowest BCUT2D eigenvalue weighted by Crippen LogP contribution is -2.40. The molecule has 1 aliphatic rings. The van der Waals surface area contributed by atoms with Crippen LogP contribution in [0, 0.1) is 5.92 Å². The van der Waals surface area contributed by atoms with Crippen molar-refractivity contribution in [1.82, 2.24) is 14.5 Å². The predicted octanol–water partition coefficient (Wildman–Crippen LogP) is 5.36. The number of rotatable bonds is 10. The Morgan fingerprint density at radius 1 is 0.946 bits per heavy atom. The lowest BCUT2D eigenvalue weighted by Gasteiger charge is -2.32. The molecule has 0 atom stereocenters. The summed E-state index contributed by atoms with van der Waals surface area (Å²) in [6.07, 6.45) is 2.07. The molecule has 0 saturated carbocycles. The van der Waals surface area contributed by atoms with Crippen molar-refractivity contribution in [2.75, 3.05) is 31.6 Å². The molecule has 0 aliphatic carbocycles. The average Bonchev–Trinajstić information content (AvgIpc) is 3.27. The van der Waals surface area contributed by atoms with Gasteiger partial charge in [0.05, 0.1) is 29.9 Å². The van der Waals surface area contributed by atoms with Gasteiger partial charge in [0.15, 0.2) is 0 Å². The van der Waals surface area contributed by atoms with E-state index < -0.39 is 0 Å². The number of amides is 1. The number of nitrogens with one attached hydrogen (secondary N) is 1. The first-order valence-electron chi connectivity index (χ1n) is 13.1. The number of carbonyl (C=O) groups is 1. The summed E-state index contributed by atoms with van der Waals surface area (Å²) in [7, 11) is 0. The van der Waals surface area contributed by atoms with Gasteiger partial charge >= 0.3 is 0 Å². The van der Waals surface area contributed by atoms with Gasteiger partial charge in [0.25, 0.3) is 0 Å². The number of hydrogen-bond donors (Lipinski definition) is 1. The third-order valence-electron chi connectivity index (χ3n) is 6.82. The standard InChI is InChI=1S/C30H34N4O3/c1-2-36-28-15-9-7-13-26(28)32-30(35)21-33-18-16-23(17-19-33)20-34-27-14-8-6-12-25(27)31-29(34)22-37-24-10-4-3-5-11-24/h3-15,23H,2,16-22H2,1H3,(H,32,35). The van der Waals surface area contributed by atoms with E-state index in [4.69, 9.17) is 14.5 Å². The third kappa shape index (κ3) is 6.30. The van der Waals surface area contributed by atoms with E-state index in [0.717, 1.165) is 60.8 Å². The van der Waals surface area contributed by atoms with Crippen LogP contribution in [0.1, 0.15) is 25.6 Å². The van der Waals surface area contributed by atoms with Crippen LogP contribution < -0.4 is 14.8 Å². The van der Waals surface area contributed by atoms with Crippen LogP contribution in [0.15, 0.2) is 78.9 Å². The Balaban J connectivity index is 1.18. The molecule has 1 N–H and O–H groups in total. The number of ether oxygens (including phenoxy) is 2. The fourth-order valence-corrected chi connectivity index (χ4v) is 4.93. The van der Waals surface area contributed by atoms with Crippen LogP contribution in [-0.2, 0) is 17.9 Å². The number of piperidine rings is 1. The van der Waals surface area contributed by atoms with E-state index in [1.54, 1.807) is 0 Å². The summed E-state index contributed by atoms with van der Waals surface area (Å²) in [6.45, 7) is 6.01. The van der Waals surface area contributed by atoms with Gasteiger partial charge in [0.1, 0.15) is 23.9 Å². The number of hydrogen-bond acceptors (Lipinski definition) is 5. The summed E-state index contributed by atoms with van der Waals surface area (Å²) in [5.41, 5.74) is 2.86. The molecule has 3 aromatic carbocycles. The van der Waals surface area contributed by atoms with Crippen LogP contribution in [0.2, 0.25) is 0 Å². The number of anilines is 1. The highest BCUT2D eigenvalue weighted by atomic mass is 16.5. The maximum Gasteiger partial charge on any atom is 0.238 e. The summed E-state index contributed by atoms with van der Waals surface area (Å²) in [6, 6.07) is 25.7. The molecule has 1 aliphatic heterocycles. The van der Waals surface area contributed by atoms with Crippen LogP contribution in [0.25, 0.3) is 11.0 Å². The Hall–Kier alpha value is -3.84. The maximum atomic E-state index is 12.7. The minimum absolute atomic E-state index is 0.00782. The average molecular weight is 499 g/mol. The van der Waals surface area contributed by atoms with E-state index in [2.05, 4.69) is 33.0 Å². The van der Waals surface area contributed by atoms with Crippen molar-refractivity contribution in [2.45, 2.75) is 32.9 Å². The molecule has 7 nitrogen and oxygen atoms in total. The molecule has 0 radical (unpaired) electrons. The smallest absolute Gasteiger partial charge is 0.238 e. The van der Waals surface area contributed by atoms with Gasteiger partial charge in [-0.15, -0.1) is 0 Å². The van der Waals surface area contributed by atoms with Crippen LogP contribution in [0.4, 0.5) is 5.69 Å². The SMILES string of the molecule is CCOc1ccccc1NC(=O)CN1CCC(Cn2c(COc3ccccc3)nc3ccccc32)CC1. The molecule has 7 heteroatoms. The highest BCUT2D eigenvalue weighted by Gasteiger charge is 2.23. The van der Waals surface area contributed by atoms with E-state index in [1.807, 2.05) is 67.6 Å². The zero-order valence-electron chi connectivity index (χ0n) is 21.3. The molecule has 1 saturated heterocycles. The lowest BCUT2D eigenvalue weighted by molar-refractivity contribution is -0.117. The van der Waals surface area contributed by atoms with Gasteiger partial charge < -0.3 is 19.4 Å². The van der Waals surface area contributed by atoms with Gasteiger partial charge in [0.2, 0.25) is 5.91 Å². The van der Waals surface area contributed by atoms with Gasteiger partial charge in [0, 0.05) is 6.54 Å². The number of carbonyl (C=O) groups excluding carboxylic acids is 1. The lowest BCUT2D eigenvalue weighted by atomic mass is 9.96. The second kappa shape index (κ2) is 11.9. The maximum absolute atomic E-state index is 12.7. The van der Waals surface area contributed by atoms with Crippen LogP contribution in [0.3, 0.4) is 0 Å². The van der Waals surface area contributed by atoms with E-state index in [9.17, 15) is 4.79 Å². The monoisotopic (exact) mass is 498 g/mol. The molecular formula is C30H34N4O3. The van der Waals surface area contributed by atoms with Crippen LogP contribution in [0.5, 0.6) is 11.5 Å². The number of para-hydroxylation sites is 5. The number of benzene rings is 3. The molecule has 2 heterocycles. The Kier molecular flexibility index (Phi) is 8.01. The van der Waals surface area contributed by atoms with E-state index in [1.165, 1.54) is 0 Å². The van der Waals surface area contributed by atoms with Gasteiger partial charge in [-0.3, -0.25) is 9.69 Å². The Bertz CT molecular complexity index is 1310. The quantitative estimate of drug-likeness (QED) is 0.319. The van der Waals surface area contributed by atoms with Crippen molar-refractivity contribution in [3.05, 3.63) is 84.7 Å². The Morgan fingerprint density at radius 2 is 1.68 bits per heavy atom. The summed E-state index contributed by atoms with van der Waals surface area (Å²) >= 11 is 0. The molecular weight excluding hydrogens is 464 g/mol. The minimum atomic E-state index is -0.00782. The summed E-state index contributed by atoms with van der Waals surface area (Å²) < 4.78 is 14.0. The first-order chi connectivity index (χ1) is 18.2. The Morgan fingerprint density at radius 3 is 2.49 bits per heavy atom. The predicted molar refractivity (Wildman–Crippen MR) is 146 cm³/mol. The molecule has 0 bridgehead atoms. The first-order valence-corrected chi connectivity index (χ1v) is 13.1. The van der Waals surface area contributed by atoms with Crippen molar-refractivity contribution in [3.63, 3.8) is 0 Å². The molecule has 37 heavy (non-hydrogen) atoms. The van der Waals surface area contributed by atoms with Crippen molar-refractivity contribution in [1.29, 1.82) is 0 Å². The Labute approximate surface area is 218 Å². The number of imidazole rings is 1. The van der Waals surface area contributed by atoms with E-state index in [-0.39, 0.29) is 5.91 Å². The summed E-state index contributed by atoms with van der Waals surface area (Å²) in [5.74, 6) is 3.01. The fourth-order valence-electron chi connectivity index (χ4n) is 4.93. The van der Waals surface area contributed by atoms with Crippen molar-refractivity contribution < 1.29 is 14.3 Å². The van der Waals surface area contributed by atoms with Crippen LogP contribution in [-0.4, -0.2) is 46.6 Å². The summed E-state index contributed by atoms with van der Waals surface area (Å²) in [5, 5.41) is 3.01. The highest BCUT2D eigenvalue weighted by Crippen LogP contribution is 2.26. The van der Waals surface area contributed by atoms with Gasteiger partial charge in [-0.05, 0) is 75.2 Å². The van der Waals surface area contributed by atoms with Gasteiger partial charge in [-0.25, -0.2) is 4.98 Å². The molecule has 1 amide bonds. The highest BCUT2D eigenvalue weighted by molar-refractivity contribution is 5.93. The zero-order chi connectivity index (χ0) is 25.5. The molecule has 192 valence electrons. The molecule has 4 aromatic rings. The van der Waals surface area contributed by atoms with E-state index >= 15 is 0 Å². The molecule has 0 unspecified atom stereocenters. The van der Waals surface area contributed by atoms with Crippen LogP contribution >= 0.6 is 0 Å². The second-order valence-corrected chi connectivity index (χ2v) is 9.43.